The van der Waals surface area contributed by atoms with Gasteiger partial charge in [-0.05, 0) is 32.8 Å². The molecule has 1 atom stereocenters. The third-order valence-corrected chi connectivity index (χ3v) is 3.04. The standard InChI is InChI=1S/C15H19NO4/c1-15(2,3)20-14(18)16-9-8-11-6-4-5-7-12(11)13(16)19-10-17/h4-7,10,13H,8-9H2,1-3H3. The van der Waals surface area contributed by atoms with Gasteiger partial charge in [0.25, 0.3) is 6.47 Å². The molecule has 1 heterocycles. The van der Waals surface area contributed by atoms with Crippen LogP contribution in [0.3, 0.4) is 0 Å². The Hall–Kier alpha value is -2.04. The summed E-state index contributed by atoms with van der Waals surface area (Å²) in [6.45, 7) is 6.24. The van der Waals surface area contributed by atoms with Crippen LogP contribution >= 0.6 is 0 Å². The maximum Gasteiger partial charge on any atom is 0.413 e. The number of ether oxygens (including phenoxy) is 2. The molecule has 0 aromatic heterocycles. The number of nitrogens with zero attached hydrogens (tertiary/aromatic N) is 1. The van der Waals surface area contributed by atoms with Crippen LogP contribution in [-0.2, 0) is 20.7 Å². The van der Waals surface area contributed by atoms with Crippen LogP contribution in [0, 0.1) is 0 Å². The molecule has 0 saturated carbocycles. The average molecular weight is 277 g/mol. The third-order valence-electron chi connectivity index (χ3n) is 3.04. The predicted octanol–water partition coefficient (Wildman–Crippen LogP) is 2.65. The van der Waals surface area contributed by atoms with Crippen molar-refractivity contribution in [1.82, 2.24) is 4.90 Å². The predicted molar refractivity (Wildman–Crippen MR) is 73.0 cm³/mol. The zero-order chi connectivity index (χ0) is 14.8. The minimum atomic E-state index is -0.715. The Morgan fingerprint density at radius 2 is 2.05 bits per heavy atom. The summed E-state index contributed by atoms with van der Waals surface area (Å²) in [7, 11) is 0. The summed E-state index contributed by atoms with van der Waals surface area (Å²) >= 11 is 0. The van der Waals surface area contributed by atoms with Gasteiger partial charge in [-0.1, -0.05) is 24.3 Å². The van der Waals surface area contributed by atoms with E-state index < -0.39 is 17.9 Å². The van der Waals surface area contributed by atoms with Crippen molar-refractivity contribution in [3.05, 3.63) is 35.4 Å². The fourth-order valence-corrected chi connectivity index (χ4v) is 2.24. The van der Waals surface area contributed by atoms with Crippen LogP contribution in [0.15, 0.2) is 24.3 Å². The van der Waals surface area contributed by atoms with Gasteiger partial charge < -0.3 is 9.47 Å². The van der Waals surface area contributed by atoms with E-state index in [1.807, 2.05) is 24.3 Å². The number of hydrogen-bond acceptors (Lipinski definition) is 4. The van der Waals surface area contributed by atoms with E-state index in [9.17, 15) is 9.59 Å². The highest BCUT2D eigenvalue weighted by atomic mass is 16.6. The van der Waals surface area contributed by atoms with Crippen molar-refractivity contribution >= 4 is 12.6 Å². The number of fused-ring (bicyclic) bond motifs is 1. The highest BCUT2D eigenvalue weighted by Gasteiger charge is 2.34. The molecule has 0 N–H and O–H groups in total. The van der Waals surface area contributed by atoms with Gasteiger partial charge >= 0.3 is 6.09 Å². The Labute approximate surface area is 118 Å². The van der Waals surface area contributed by atoms with Crippen molar-refractivity contribution in [3.8, 4) is 0 Å². The average Bonchev–Trinajstić information content (AvgIpc) is 2.37. The zero-order valence-electron chi connectivity index (χ0n) is 12.0. The van der Waals surface area contributed by atoms with Crippen molar-refractivity contribution in [3.63, 3.8) is 0 Å². The summed E-state index contributed by atoms with van der Waals surface area (Å²) in [4.78, 5) is 24.4. The number of hydrogen-bond donors (Lipinski definition) is 0. The first kappa shape index (κ1) is 14.4. The molecule has 5 nitrogen and oxygen atoms in total. The largest absolute Gasteiger partial charge is 0.444 e. The molecule has 1 aliphatic rings. The Balaban J connectivity index is 2.26. The molecule has 0 saturated heterocycles. The van der Waals surface area contributed by atoms with Crippen molar-refractivity contribution in [2.75, 3.05) is 6.54 Å². The lowest BCUT2D eigenvalue weighted by molar-refractivity contribution is -0.144. The van der Waals surface area contributed by atoms with Crippen LogP contribution in [0.2, 0.25) is 0 Å². The van der Waals surface area contributed by atoms with E-state index in [4.69, 9.17) is 9.47 Å². The van der Waals surface area contributed by atoms with Crippen LogP contribution in [0.5, 0.6) is 0 Å². The lowest BCUT2D eigenvalue weighted by Crippen LogP contribution is -2.43. The zero-order valence-corrected chi connectivity index (χ0v) is 12.0. The number of benzene rings is 1. The second-order valence-corrected chi connectivity index (χ2v) is 5.71. The molecule has 1 unspecified atom stereocenters. The number of carbonyl (C=O) groups excluding carboxylic acids is 2. The Kier molecular flexibility index (Phi) is 3.97. The molecular weight excluding hydrogens is 258 g/mol. The molecule has 1 aromatic rings. The molecule has 108 valence electrons. The van der Waals surface area contributed by atoms with Crippen LogP contribution < -0.4 is 0 Å². The van der Waals surface area contributed by atoms with Crippen LogP contribution in [0.4, 0.5) is 4.79 Å². The maximum atomic E-state index is 12.2. The minimum Gasteiger partial charge on any atom is -0.444 e. The molecule has 1 aromatic carbocycles. The molecule has 1 aliphatic heterocycles. The minimum absolute atomic E-state index is 0.365. The maximum absolute atomic E-state index is 12.2. The van der Waals surface area contributed by atoms with Gasteiger partial charge in [-0.15, -0.1) is 0 Å². The van der Waals surface area contributed by atoms with Crippen LogP contribution in [0.25, 0.3) is 0 Å². The second-order valence-electron chi connectivity index (χ2n) is 5.71. The molecule has 0 radical (unpaired) electrons. The SMILES string of the molecule is CC(C)(C)OC(=O)N1CCc2ccccc2C1OC=O. The summed E-state index contributed by atoms with van der Waals surface area (Å²) in [6, 6.07) is 7.63. The first-order valence-electron chi connectivity index (χ1n) is 6.59. The molecule has 0 bridgehead atoms. The monoisotopic (exact) mass is 277 g/mol. The van der Waals surface area contributed by atoms with E-state index in [-0.39, 0.29) is 0 Å². The van der Waals surface area contributed by atoms with Gasteiger partial charge in [0.05, 0.1) is 0 Å². The molecule has 2 rings (SSSR count). The first-order chi connectivity index (χ1) is 9.42. The highest BCUT2D eigenvalue weighted by molar-refractivity contribution is 5.69. The van der Waals surface area contributed by atoms with Gasteiger partial charge in [0.15, 0.2) is 0 Å². The van der Waals surface area contributed by atoms with Gasteiger partial charge in [0, 0.05) is 12.1 Å². The van der Waals surface area contributed by atoms with E-state index in [1.165, 1.54) is 4.90 Å². The normalized spacial score (nSPS) is 18.1. The van der Waals surface area contributed by atoms with Gasteiger partial charge in [-0.25, -0.2) is 4.79 Å². The molecule has 0 aliphatic carbocycles. The Morgan fingerprint density at radius 3 is 2.70 bits per heavy atom. The third kappa shape index (κ3) is 3.10. The van der Waals surface area contributed by atoms with Crippen molar-refractivity contribution in [2.24, 2.45) is 0 Å². The van der Waals surface area contributed by atoms with Crippen molar-refractivity contribution in [2.45, 2.75) is 39.0 Å². The fourth-order valence-electron chi connectivity index (χ4n) is 2.24. The highest BCUT2D eigenvalue weighted by Crippen LogP contribution is 2.31. The van der Waals surface area contributed by atoms with Crippen molar-refractivity contribution in [1.29, 1.82) is 0 Å². The van der Waals surface area contributed by atoms with Crippen LogP contribution in [-0.4, -0.2) is 29.6 Å². The lowest BCUT2D eigenvalue weighted by atomic mass is 9.98. The second kappa shape index (κ2) is 5.53. The van der Waals surface area contributed by atoms with E-state index in [0.717, 1.165) is 11.1 Å². The molecular formula is C15H19NO4. The summed E-state index contributed by atoms with van der Waals surface area (Å²) in [5, 5.41) is 0. The van der Waals surface area contributed by atoms with E-state index >= 15 is 0 Å². The van der Waals surface area contributed by atoms with E-state index in [0.29, 0.717) is 19.4 Å². The fraction of sp³-hybridized carbons (Fsp3) is 0.467. The molecule has 1 amide bonds. The smallest absolute Gasteiger partial charge is 0.413 e. The quantitative estimate of drug-likeness (QED) is 0.780. The summed E-state index contributed by atoms with van der Waals surface area (Å²) in [6.07, 6.45) is -0.472. The van der Waals surface area contributed by atoms with Crippen molar-refractivity contribution < 1.29 is 19.1 Å². The van der Waals surface area contributed by atoms with Gasteiger partial charge in [0.2, 0.25) is 6.23 Å². The Morgan fingerprint density at radius 1 is 1.35 bits per heavy atom. The molecule has 20 heavy (non-hydrogen) atoms. The molecule has 0 spiro atoms. The van der Waals surface area contributed by atoms with E-state index in [1.54, 1.807) is 20.8 Å². The Bertz CT molecular complexity index is 507. The number of rotatable bonds is 2. The van der Waals surface area contributed by atoms with Gasteiger partial charge in [-0.3, -0.25) is 9.69 Å². The molecule has 5 heteroatoms. The first-order valence-corrected chi connectivity index (χ1v) is 6.59. The van der Waals surface area contributed by atoms with Gasteiger partial charge in [0.1, 0.15) is 5.60 Å². The topological polar surface area (TPSA) is 55.8 Å². The van der Waals surface area contributed by atoms with Crippen LogP contribution in [0.1, 0.15) is 38.1 Å². The number of amides is 1. The lowest BCUT2D eigenvalue weighted by Gasteiger charge is -2.36. The summed E-state index contributed by atoms with van der Waals surface area (Å²) in [5.74, 6) is 0. The molecule has 0 fully saturated rings. The van der Waals surface area contributed by atoms with Gasteiger partial charge in [-0.2, -0.15) is 0 Å². The summed E-state index contributed by atoms with van der Waals surface area (Å²) < 4.78 is 10.5. The summed E-state index contributed by atoms with van der Waals surface area (Å²) in [5.41, 5.74) is 1.33. The van der Waals surface area contributed by atoms with E-state index in [2.05, 4.69) is 0 Å². The number of carbonyl (C=O) groups is 2.